The van der Waals surface area contributed by atoms with Crippen LogP contribution in [-0.4, -0.2) is 51.3 Å². The van der Waals surface area contributed by atoms with Gasteiger partial charge in [0.2, 0.25) is 0 Å². The molecule has 6 nitrogen and oxygen atoms in total. The van der Waals surface area contributed by atoms with Gasteiger partial charge in [-0.2, -0.15) is 0 Å². The zero-order chi connectivity index (χ0) is 20.2. The van der Waals surface area contributed by atoms with Crippen molar-refractivity contribution in [1.29, 1.82) is 0 Å². The van der Waals surface area contributed by atoms with Gasteiger partial charge in [-0.15, -0.1) is 16.4 Å². The van der Waals surface area contributed by atoms with E-state index in [0.717, 1.165) is 51.4 Å². The van der Waals surface area contributed by atoms with Crippen molar-refractivity contribution in [3.05, 3.63) is 57.5 Å². The minimum absolute atomic E-state index is 0.274. The molecule has 0 N–H and O–H groups in total. The summed E-state index contributed by atoms with van der Waals surface area (Å²) in [5.41, 5.74) is 4.05. The van der Waals surface area contributed by atoms with Crippen LogP contribution in [0.3, 0.4) is 0 Å². The van der Waals surface area contributed by atoms with Crippen LogP contribution < -0.4 is 4.90 Å². The van der Waals surface area contributed by atoms with E-state index >= 15 is 0 Å². The Bertz CT molecular complexity index is 911. The van der Waals surface area contributed by atoms with E-state index in [4.69, 9.17) is 0 Å². The molecule has 1 fully saturated rings. The van der Waals surface area contributed by atoms with Gasteiger partial charge < -0.3 is 4.90 Å². The number of anilines is 1. The van der Waals surface area contributed by atoms with Crippen LogP contribution in [0.4, 0.5) is 5.69 Å². The third kappa shape index (κ3) is 4.51. The lowest BCUT2D eigenvalue weighted by Crippen LogP contribution is -2.48. The summed E-state index contributed by atoms with van der Waals surface area (Å²) >= 11 is 1.75. The lowest BCUT2D eigenvalue weighted by molar-refractivity contribution is 0.164. The summed E-state index contributed by atoms with van der Waals surface area (Å²) < 4.78 is 1.99. The molecule has 0 amide bonds. The van der Waals surface area contributed by atoms with Crippen LogP contribution in [0.25, 0.3) is 0 Å². The Kier molecular flexibility index (Phi) is 6.25. The number of rotatable bonds is 7. The van der Waals surface area contributed by atoms with Gasteiger partial charge in [0.1, 0.15) is 0 Å². The lowest BCUT2D eigenvalue weighted by atomic mass is 10.1. The zero-order valence-corrected chi connectivity index (χ0v) is 18.4. The number of benzene rings is 1. The summed E-state index contributed by atoms with van der Waals surface area (Å²) in [6.07, 6.45) is 2.20. The van der Waals surface area contributed by atoms with Crippen LogP contribution in [0.1, 0.15) is 47.6 Å². The first-order valence-corrected chi connectivity index (χ1v) is 11.4. The minimum Gasteiger partial charge on any atom is -0.369 e. The number of aromatic nitrogens is 4. The first-order chi connectivity index (χ1) is 14.2. The molecule has 1 aromatic carbocycles. The Labute approximate surface area is 177 Å². The van der Waals surface area contributed by atoms with Crippen molar-refractivity contribution in [2.24, 2.45) is 0 Å². The fourth-order valence-electron chi connectivity index (χ4n) is 4.20. The standard InChI is InChI=1S/C22H30N6S/c1-4-6-20(22-23-24-25-28(22)16-19-7-5-14-29-19)26-10-12-27(13-11-26)21-15-17(2)8-9-18(21)3/h5,7-9,14-15,20H,4,6,10-13,16H2,1-3H3/t20-/m1/s1. The van der Waals surface area contributed by atoms with E-state index in [-0.39, 0.29) is 6.04 Å². The number of piperazine rings is 1. The fraction of sp³-hybridized carbons (Fsp3) is 0.500. The molecule has 0 spiro atoms. The highest BCUT2D eigenvalue weighted by Gasteiger charge is 2.29. The van der Waals surface area contributed by atoms with E-state index in [1.807, 2.05) is 4.68 Å². The second-order valence-corrected chi connectivity index (χ2v) is 8.92. The molecular formula is C22H30N6S. The Balaban J connectivity index is 1.48. The second-order valence-electron chi connectivity index (χ2n) is 7.89. The maximum absolute atomic E-state index is 4.44. The second kappa shape index (κ2) is 9.05. The topological polar surface area (TPSA) is 50.1 Å². The summed E-state index contributed by atoms with van der Waals surface area (Å²) in [6, 6.07) is 11.2. The molecule has 1 saturated heterocycles. The van der Waals surface area contributed by atoms with E-state index in [0.29, 0.717) is 0 Å². The molecule has 0 radical (unpaired) electrons. The van der Waals surface area contributed by atoms with Crippen molar-refractivity contribution in [2.45, 2.75) is 46.2 Å². The van der Waals surface area contributed by atoms with E-state index in [9.17, 15) is 0 Å². The molecule has 3 heterocycles. The first-order valence-electron chi connectivity index (χ1n) is 10.5. The maximum Gasteiger partial charge on any atom is 0.168 e. The van der Waals surface area contributed by atoms with Crippen LogP contribution in [0.5, 0.6) is 0 Å². The number of hydrogen-bond donors (Lipinski definition) is 0. The Hall–Kier alpha value is -2.25. The quantitative estimate of drug-likeness (QED) is 0.588. The number of hydrogen-bond acceptors (Lipinski definition) is 6. The van der Waals surface area contributed by atoms with Crippen molar-refractivity contribution < 1.29 is 0 Å². The fourth-order valence-corrected chi connectivity index (χ4v) is 4.88. The van der Waals surface area contributed by atoms with Crippen LogP contribution in [0, 0.1) is 13.8 Å². The van der Waals surface area contributed by atoms with Gasteiger partial charge in [0.25, 0.3) is 0 Å². The first kappa shape index (κ1) is 20.0. The van der Waals surface area contributed by atoms with Crippen LogP contribution >= 0.6 is 11.3 Å². The normalized spacial score (nSPS) is 16.3. The number of nitrogens with zero attached hydrogens (tertiary/aromatic N) is 6. The zero-order valence-electron chi connectivity index (χ0n) is 17.6. The van der Waals surface area contributed by atoms with Gasteiger partial charge in [0, 0.05) is 36.7 Å². The SMILES string of the molecule is CCC[C@H](c1nnnn1Cc1cccs1)N1CCN(c2cc(C)ccc2C)CC1. The molecule has 1 atom stereocenters. The molecule has 7 heteroatoms. The molecular weight excluding hydrogens is 380 g/mol. The predicted octanol–water partition coefficient (Wildman–Crippen LogP) is 4.06. The summed E-state index contributed by atoms with van der Waals surface area (Å²) in [5, 5.41) is 14.9. The van der Waals surface area contributed by atoms with Crippen LogP contribution in [-0.2, 0) is 6.54 Å². The van der Waals surface area contributed by atoms with Crippen molar-refractivity contribution >= 4 is 17.0 Å². The third-order valence-corrected chi connectivity index (χ3v) is 6.63. The van der Waals surface area contributed by atoms with Gasteiger partial charge in [-0.1, -0.05) is 31.5 Å². The predicted molar refractivity (Wildman–Crippen MR) is 119 cm³/mol. The molecule has 0 bridgehead atoms. The molecule has 154 valence electrons. The summed E-state index contributed by atoms with van der Waals surface area (Å²) in [4.78, 5) is 6.38. The minimum atomic E-state index is 0.274. The molecule has 29 heavy (non-hydrogen) atoms. The monoisotopic (exact) mass is 410 g/mol. The highest BCUT2D eigenvalue weighted by molar-refractivity contribution is 7.09. The lowest BCUT2D eigenvalue weighted by Gasteiger charge is -2.40. The van der Waals surface area contributed by atoms with Gasteiger partial charge in [0.05, 0.1) is 12.6 Å². The van der Waals surface area contributed by atoms with Gasteiger partial charge in [-0.05, 0) is 59.3 Å². The van der Waals surface area contributed by atoms with E-state index < -0.39 is 0 Å². The van der Waals surface area contributed by atoms with Gasteiger partial charge in [-0.3, -0.25) is 4.90 Å². The molecule has 0 unspecified atom stereocenters. The molecule has 1 aliphatic heterocycles. The third-order valence-electron chi connectivity index (χ3n) is 5.77. The number of tetrazole rings is 1. The molecule has 4 rings (SSSR count). The van der Waals surface area contributed by atoms with E-state index in [1.54, 1.807) is 11.3 Å². The van der Waals surface area contributed by atoms with E-state index in [2.05, 4.69) is 81.8 Å². The van der Waals surface area contributed by atoms with Crippen molar-refractivity contribution in [3.63, 3.8) is 0 Å². The molecule has 1 aliphatic rings. The Morgan fingerprint density at radius 1 is 1.10 bits per heavy atom. The Morgan fingerprint density at radius 2 is 1.93 bits per heavy atom. The van der Waals surface area contributed by atoms with Crippen molar-refractivity contribution in [3.8, 4) is 0 Å². The van der Waals surface area contributed by atoms with Crippen LogP contribution in [0.2, 0.25) is 0 Å². The molecule has 3 aromatic rings. The number of aryl methyl sites for hydroxylation is 2. The molecule has 2 aromatic heterocycles. The van der Waals surface area contributed by atoms with E-state index in [1.165, 1.54) is 21.7 Å². The highest BCUT2D eigenvalue weighted by Crippen LogP contribution is 2.28. The highest BCUT2D eigenvalue weighted by atomic mass is 32.1. The number of thiophene rings is 1. The van der Waals surface area contributed by atoms with Gasteiger partial charge in [0.15, 0.2) is 5.82 Å². The largest absolute Gasteiger partial charge is 0.369 e. The summed E-state index contributed by atoms with van der Waals surface area (Å²) in [7, 11) is 0. The molecule has 0 aliphatic carbocycles. The average molecular weight is 411 g/mol. The van der Waals surface area contributed by atoms with Crippen LogP contribution in [0.15, 0.2) is 35.7 Å². The van der Waals surface area contributed by atoms with Crippen molar-refractivity contribution in [1.82, 2.24) is 25.1 Å². The van der Waals surface area contributed by atoms with Gasteiger partial charge >= 0.3 is 0 Å². The summed E-state index contributed by atoms with van der Waals surface area (Å²) in [6.45, 7) is 11.5. The Morgan fingerprint density at radius 3 is 2.66 bits per heavy atom. The smallest absolute Gasteiger partial charge is 0.168 e. The van der Waals surface area contributed by atoms with Crippen molar-refractivity contribution in [2.75, 3.05) is 31.1 Å². The summed E-state index contributed by atoms with van der Waals surface area (Å²) in [5.74, 6) is 1.00. The molecule has 0 saturated carbocycles. The maximum atomic E-state index is 4.44. The van der Waals surface area contributed by atoms with Gasteiger partial charge in [-0.25, -0.2) is 4.68 Å². The average Bonchev–Trinajstić information content (AvgIpc) is 3.41.